The summed E-state index contributed by atoms with van der Waals surface area (Å²) in [5.74, 6) is 0. The van der Waals surface area contributed by atoms with E-state index < -0.39 is 0 Å². The fourth-order valence-corrected chi connectivity index (χ4v) is 3.36. The molecule has 0 radical (unpaired) electrons. The molecule has 2 rings (SSSR count). The van der Waals surface area contributed by atoms with Crippen LogP contribution in [0.5, 0.6) is 0 Å². The van der Waals surface area contributed by atoms with Gasteiger partial charge in [0.05, 0.1) is 18.8 Å². The van der Waals surface area contributed by atoms with E-state index in [4.69, 9.17) is 4.74 Å². The molecule has 0 spiro atoms. The molecule has 0 saturated carbocycles. The molecule has 2 amide bonds. The van der Waals surface area contributed by atoms with Gasteiger partial charge in [0, 0.05) is 36.8 Å². The second-order valence-electron chi connectivity index (χ2n) is 6.01. The van der Waals surface area contributed by atoms with E-state index in [2.05, 4.69) is 41.3 Å². The van der Waals surface area contributed by atoms with Crippen LogP contribution in [0.15, 0.2) is 5.38 Å². The first kappa shape index (κ1) is 17.2. The molecule has 1 aliphatic rings. The minimum Gasteiger partial charge on any atom is -0.373 e. The Kier molecular flexibility index (Phi) is 6.16. The Labute approximate surface area is 136 Å². The molecule has 1 saturated heterocycles. The molecule has 3 unspecified atom stereocenters. The lowest BCUT2D eigenvalue weighted by Crippen LogP contribution is -2.52. The van der Waals surface area contributed by atoms with Crippen LogP contribution in [0.4, 0.5) is 4.79 Å². The van der Waals surface area contributed by atoms with Gasteiger partial charge in [0.15, 0.2) is 0 Å². The minimum absolute atomic E-state index is 0.144. The molecule has 1 fully saturated rings. The number of morpholine rings is 1. The van der Waals surface area contributed by atoms with E-state index in [1.807, 2.05) is 12.3 Å². The number of hydrogen-bond acceptors (Lipinski definition) is 5. The van der Waals surface area contributed by atoms with Crippen LogP contribution in [0.25, 0.3) is 0 Å². The second kappa shape index (κ2) is 7.89. The standard InChI is InChI=1S/C15H26N4O2S/c1-10-9-22-14(18-10)6-17-15(20)16-5-11(2)19-7-12(3)21-13(4)8-19/h9,11-13H,5-8H2,1-4H3,(H2,16,17,20). The van der Waals surface area contributed by atoms with Crippen molar-refractivity contribution in [1.29, 1.82) is 0 Å². The van der Waals surface area contributed by atoms with Gasteiger partial charge in [-0.25, -0.2) is 9.78 Å². The lowest BCUT2D eigenvalue weighted by atomic mass is 10.2. The molecule has 0 aromatic carbocycles. The van der Waals surface area contributed by atoms with Gasteiger partial charge in [0.1, 0.15) is 5.01 Å². The van der Waals surface area contributed by atoms with Crippen LogP contribution in [0.2, 0.25) is 0 Å². The van der Waals surface area contributed by atoms with E-state index in [9.17, 15) is 4.79 Å². The van der Waals surface area contributed by atoms with Gasteiger partial charge in [-0.1, -0.05) is 0 Å². The topological polar surface area (TPSA) is 66.5 Å². The van der Waals surface area contributed by atoms with Gasteiger partial charge in [-0.15, -0.1) is 11.3 Å². The Balaban J connectivity index is 1.69. The number of aromatic nitrogens is 1. The number of thiazole rings is 1. The summed E-state index contributed by atoms with van der Waals surface area (Å²) in [6.45, 7) is 11.2. The van der Waals surface area contributed by atoms with Crippen LogP contribution in [0.3, 0.4) is 0 Å². The zero-order valence-corrected chi connectivity index (χ0v) is 14.6. The molecule has 7 heteroatoms. The maximum Gasteiger partial charge on any atom is 0.315 e. The van der Waals surface area contributed by atoms with Gasteiger partial charge in [-0.2, -0.15) is 0 Å². The number of urea groups is 1. The number of amides is 2. The number of nitrogens with zero attached hydrogens (tertiary/aromatic N) is 2. The molecule has 2 N–H and O–H groups in total. The minimum atomic E-state index is -0.144. The van der Waals surface area contributed by atoms with Gasteiger partial charge in [-0.05, 0) is 27.7 Å². The number of ether oxygens (including phenoxy) is 1. The van der Waals surface area contributed by atoms with Crippen molar-refractivity contribution >= 4 is 17.4 Å². The number of rotatable bonds is 5. The summed E-state index contributed by atoms with van der Waals surface area (Å²) in [4.78, 5) is 18.5. The quantitative estimate of drug-likeness (QED) is 0.865. The van der Waals surface area contributed by atoms with E-state index in [1.165, 1.54) is 0 Å². The van der Waals surface area contributed by atoms with Gasteiger partial charge >= 0.3 is 6.03 Å². The van der Waals surface area contributed by atoms with Gasteiger partial charge in [0.2, 0.25) is 0 Å². The molecular weight excluding hydrogens is 300 g/mol. The summed E-state index contributed by atoms with van der Waals surface area (Å²) in [5, 5.41) is 8.68. The van der Waals surface area contributed by atoms with Crippen molar-refractivity contribution < 1.29 is 9.53 Å². The van der Waals surface area contributed by atoms with Crippen LogP contribution in [-0.4, -0.2) is 53.8 Å². The molecule has 1 aliphatic heterocycles. The Bertz CT molecular complexity index is 484. The fourth-order valence-electron chi connectivity index (χ4n) is 2.65. The van der Waals surface area contributed by atoms with Crippen molar-refractivity contribution in [3.8, 4) is 0 Å². The van der Waals surface area contributed by atoms with Gasteiger partial charge in [0.25, 0.3) is 0 Å². The zero-order chi connectivity index (χ0) is 16.1. The first-order valence-electron chi connectivity index (χ1n) is 7.76. The SMILES string of the molecule is Cc1csc(CNC(=O)NCC(C)N2CC(C)OC(C)C2)n1. The van der Waals surface area contributed by atoms with Crippen molar-refractivity contribution in [3.63, 3.8) is 0 Å². The Morgan fingerprint density at radius 3 is 2.73 bits per heavy atom. The Hall–Kier alpha value is -1.18. The number of carbonyl (C=O) groups excluding carboxylic acids is 1. The van der Waals surface area contributed by atoms with Gasteiger partial charge < -0.3 is 15.4 Å². The third-order valence-electron chi connectivity index (χ3n) is 3.70. The Morgan fingerprint density at radius 1 is 1.45 bits per heavy atom. The Morgan fingerprint density at radius 2 is 2.14 bits per heavy atom. The molecule has 22 heavy (non-hydrogen) atoms. The maximum atomic E-state index is 11.9. The number of hydrogen-bond donors (Lipinski definition) is 2. The van der Waals surface area contributed by atoms with Crippen LogP contribution in [-0.2, 0) is 11.3 Å². The third-order valence-corrected chi connectivity index (χ3v) is 4.66. The highest BCUT2D eigenvalue weighted by atomic mass is 32.1. The first-order chi connectivity index (χ1) is 10.4. The van der Waals surface area contributed by atoms with Crippen molar-refractivity contribution in [2.75, 3.05) is 19.6 Å². The summed E-state index contributed by atoms with van der Waals surface area (Å²) in [5.41, 5.74) is 0.992. The largest absolute Gasteiger partial charge is 0.373 e. The summed E-state index contributed by atoms with van der Waals surface area (Å²) in [6.07, 6.45) is 0.487. The van der Waals surface area contributed by atoms with Crippen molar-refractivity contribution in [3.05, 3.63) is 16.1 Å². The molecule has 124 valence electrons. The van der Waals surface area contributed by atoms with E-state index >= 15 is 0 Å². The molecule has 6 nitrogen and oxygen atoms in total. The van der Waals surface area contributed by atoms with Crippen molar-refractivity contribution in [2.45, 2.75) is 52.5 Å². The molecule has 1 aromatic heterocycles. The van der Waals surface area contributed by atoms with Gasteiger partial charge in [-0.3, -0.25) is 4.90 Å². The fraction of sp³-hybridized carbons (Fsp3) is 0.733. The van der Waals surface area contributed by atoms with E-state index in [0.717, 1.165) is 23.8 Å². The summed E-state index contributed by atoms with van der Waals surface area (Å²) < 4.78 is 5.73. The normalized spacial score (nSPS) is 24.0. The summed E-state index contributed by atoms with van der Waals surface area (Å²) in [7, 11) is 0. The lowest BCUT2D eigenvalue weighted by molar-refractivity contribution is -0.0778. The highest BCUT2D eigenvalue weighted by molar-refractivity contribution is 7.09. The first-order valence-corrected chi connectivity index (χ1v) is 8.64. The van der Waals surface area contributed by atoms with Crippen LogP contribution in [0, 0.1) is 6.92 Å². The van der Waals surface area contributed by atoms with Crippen LogP contribution in [0.1, 0.15) is 31.5 Å². The zero-order valence-electron chi connectivity index (χ0n) is 13.8. The lowest BCUT2D eigenvalue weighted by Gasteiger charge is -2.38. The average molecular weight is 326 g/mol. The molecular formula is C15H26N4O2S. The van der Waals surface area contributed by atoms with E-state index in [-0.39, 0.29) is 18.2 Å². The highest BCUT2D eigenvalue weighted by Gasteiger charge is 2.25. The smallest absolute Gasteiger partial charge is 0.315 e. The predicted molar refractivity (Wildman–Crippen MR) is 88.1 cm³/mol. The maximum absolute atomic E-state index is 11.9. The second-order valence-corrected chi connectivity index (χ2v) is 6.95. The van der Waals surface area contributed by atoms with E-state index in [0.29, 0.717) is 19.1 Å². The molecule has 2 heterocycles. The molecule has 1 aromatic rings. The highest BCUT2D eigenvalue weighted by Crippen LogP contribution is 2.13. The van der Waals surface area contributed by atoms with Crippen LogP contribution >= 0.6 is 11.3 Å². The van der Waals surface area contributed by atoms with Crippen molar-refractivity contribution in [1.82, 2.24) is 20.5 Å². The molecule has 0 aliphatic carbocycles. The number of carbonyl (C=O) groups is 1. The van der Waals surface area contributed by atoms with Crippen LogP contribution < -0.4 is 10.6 Å². The predicted octanol–water partition coefficient (Wildman–Crippen LogP) is 1.75. The summed E-state index contributed by atoms with van der Waals surface area (Å²) >= 11 is 1.56. The molecule has 0 bridgehead atoms. The van der Waals surface area contributed by atoms with Crippen molar-refractivity contribution in [2.24, 2.45) is 0 Å². The average Bonchev–Trinajstić information content (AvgIpc) is 2.87. The number of nitrogens with one attached hydrogen (secondary N) is 2. The van der Waals surface area contributed by atoms with E-state index in [1.54, 1.807) is 11.3 Å². The third kappa shape index (κ3) is 5.23. The monoisotopic (exact) mass is 326 g/mol. The number of aryl methyl sites for hydroxylation is 1. The summed E-state index contributed by atoms with van der Waals surface area (Å²) in [6, 6.07) is 0.149. The molecule has 3 atom stereocenters.